The van der Waals surface area contributed by atoms with E-state index in [0.717, 1.165) is 27.8 Å². The van der Waals surface area contributed by atoms with Crippen LogP contribution in [-0.4, -0.2) is 21.0 Å². The van der Waals surface area contributed by atoms with Gasteiger partial charge in [-0.05, 0) is 31.2 Å². The van der Waals surface area contributed by atoms with Crippen LogP contribution in [0.2, 0.25) is 0 Å². The van der Waals surface area contributed by atoms with E-state index in [9.17, 15) is 0 Å². The van der Waals surface area contributed by atoms with Crippen LogP contribution in [0.5, 0.6) is 5.75 Å². The van der Waals surface area contributed by atoms with E-state index in [1.807, 2.05) is 48.0 Å². The third-order valence-corrected chi connectivity index (χ3v) is 4.06. The minimum absolute atomic E-state index is 0.645. The van der Waals surface area contributed by atoms with E-state index in [0.29, 0.717) is 12.4 Å². The summed E-state index contributed by atoms with van der Waals surface area (Å²) in [6.45, 7) is 2.61. The summed E-state index contributed by atoms with van der Waals surface area (Å²) in [4.78, 5) is 9.69. The molecular formula is C15H16N4OS. The fourth-order valence-corrected chi connectivity index (χ4v) is 2.87. The summed E-state index contributed by atoms with van der Waals surface area (Å²) in [5.41, 5.74) is 7.74. The summed E-state index contributed by atoms with van der Waals surface area (Å²) in [6.07, 6.45) is 5.66. The predicted molar refractivity (Wildman–Crippen MR) is 84.6 cm³/mol. The molecule has 108 valence electrons. The molecule has 0 aliphatic rings. The van der Waals surface area contributed by atoms with Gasteiger partial charge in [-0.15, -0.1) is 11.8 Å². The maximum Gasteiger partial charge on any atom is 0.233 e. The number of rotatable bonds is 5. The molecule has 0 bridgehead atoms. The number of benzene rings is 1. The minimum Gasteiger partial charge on any atom is -0.494 e. The predicted octanol–water partition coefficient (Wildman–Crippen LogP) is 3.00. The van der Waals surface area contributed by atoms with Crippen molar-refractivity contribution in [3.8, 4) is 5.75 Å². The third kappa shape index (κ3) is 3.11. The number of aromatic nitrogens is 3. The largest absolute Gasteiger partial charge is 0.494 e. The molecule has 0 aliphatic heterocycles. The first-order valence-electron chi connectivity index (χ1n) is 6.70. The number of hydrogen-bond acceptors (Lipinski definition) is 5. The topological polar surface area (TPSA) is 65.4 Å². The third-order valence-electron chi connectivity index (χ3n) is 2.96. The quantitative estimate of drug-likeness (QED) is 0.579. The van der Waals surface area contributed by atoms with E-state index in [2.05, 4.69) is 9.97 Å². The van der Waals surface area contributed by atoms with Gasteiger partial charge in [-0.1, -0.05) is 0 Å². The molecule has 0 unspecified atom stereocenters. The Morgan fingerprint density at radius 2 is 2.29 bits per heavy atom. The van der Waals surface area contributed by atoms with E-state index in [4.69, 9.17) is 10.5 Å². The highest BCUT2D eigenvalue weighted by Crippen LogP contribution is 2.31. The molecule has 0 saturated carbocycles. The van der Waals surface area contributed by atoms with Gasteiger partial charge in [0, 0.05) is 34.9 Å². The zero-order chi connectivity index (χ0) is 14.7. The number of nitrogen functional groups attached to an aromatic ring is 1. The lowest BCUT2D eigenvalue weighted by atomic mass is 10.3. The lowest BCUT2D eigenvalue weighted by Crippen LogP contribution is -1.94. The molecule has 3 aromatic rings. The highest BCUT2D eigenvalue weighted by Gasteiger charge is 2.06. The van der Waals surface area contributed by atoms with Gasteiger partial charge in [0.1, 0.15) is 5.75 Å². The summed E-state index contributed by atoms with van der Waals surface area (Å²) >= 11 is 1.65. The van der Waals surface area contributed by atoms with Crippen molar-refractivity contribution in [2.75, 3.05) is 12.3 Å². The normalized spacial score (nSPS) is 10.9. The van der Waals surface area contributed by atoms with Gasteiger partial charge in [-0.25, -0.2) is 9.97 Å². The maximum absolute atomic E-state index is 6.01. The van der Waals surface area contributed by atoms with E-state index < -0.39 is 0 Å². The Hall–Kier alpha value is -2.21. The van der Waals surface area contributed by atoms with Crippen LogP contribution < -0.4 is 10.5 Å². The first kappa shape index (κ1) is 13.8. The molecule has 0 aliphatic carbocycles. The van der Waals surface area contributed by atoms with Gasteiger partial charge < -0.3 is 10.5 Å². The Labute approximate surface area is 127 Å². The molecule has 0 saturated heterocycles. The van der Waals surface area contributed by atoms with Gasteiger partial charge in [0.05, 0.1) is 12.3 Å². The molecule has 1 aromatic carbocycles. The fourth-order valence-electron chi connectivity index (χ4n) is 2.00. The van der Waals surface area contributed by atoms with Crippen LogP contribution in [-0.2, 0) is 5.75 Å². The van der Waals surface area contributed by atoms with E-state index in [1.54, 1.807) is 18.0 Å². The average molecular weight is 300 g/mol. The maximum atomic E-state index is 6.01. The highest BCUT2D eigenvalue weighted by molar-refractivity contribution is 7.98. The number of thioether (sulfide) groups is 1. The number of fused-ring (bicyclic) bond motifs is 1. The summed E-state index contributed by atoms with van der Waals surface area (Å²) in [6, 6.07) is 7.61. The molecular weight excluding hydrogens is 284 g/mol. The van der Waals surface area contributed by atoms with Crippen molar-refractivity contribution < 1.29 is 4.74 Å². The molecule has 2 aromatic heterocycles. The van der Waals surface area contributed by atoms with Crippen LogP contribution in [0.3, 0.4) is 0 Å². The number of anilines is 1. The molecule has 6 heteroatoms. The second-order valence-electron chi connectivity index (χ2n) is 4.48. The molecule has 0 amide bonds. The van der Waals surface area contributed by atoms with Crippen LogP contribution in [0.15, 0.2) is 47.8 Å². The van der Waals surface area contributed by atoms with E-state index in [-0.39, 0.29) is 0 Å². The van der Waals surface area contributed by atoms with E-state index >= 15 is 0 Å². The van der Waals surface area contributed by atoms with Crippen molar-refractivity contribution in [1.82, 2.24) is 14.4 Å². The minimum atomic E-state index is 0.645. The van der Waals surface area contributed by atoms with Crippen molar-refractivity contribution in [2.24, 2.45) is 0 Å². The standard InChI is InChI=1S/C15H16N4OS/c1-2-20-12-4-5-13(16)14(8-12)21-10-11-9-19-7-3-6-17-15(19)18-11/h3-9H,2,10,16H2,1H3. The van der Waals surface area contributed by atoms with Gasteiger partial charge in [0.15, 0.2) is 0 Å². The van der Waals surface area contributed by atoms with Crippen molar-refractivity contribution in [3.05, 3.63) is 48.5 Å². The van der Waals surface area contributed by atoms with Crippen LogP contribution in [0.25, 0.3) is 5.78 Å². The average Bonchev–Trinajstić information content (AvgIpc) is 2.91. The summed E-state index contributed by atoms with van der Waals surface area (Å²) in [5.74, 6) is 2.29. The number of hydrogen-bond donors (Lipinski definition) is 1. The number of ether oxygens (including phenoxy) is 1. The van der Waals surface area contributed by atoms with Crippen LogP contribution in [0.4, 0.5) is 5.69 Å². The molecule has 5 nitrogen and oxygen atoms in total. The Balaban J connectivity index is 1.76. The van der Waals surface area contributed by atoms with Gasteiger partial charge in [-0.3, -0.25) is 4.40 Å². The molecule has 3 rings (SSSR count). The second kappa shape index (κ2) is 6.05. The van der Waals surface area contributed by atoms with Crippen molar-refractivity contribution in [1.29, 1.82) is 0 Å². The lowest BCUT2D eigenvalue weighted by Gasteiger charge is -2.08. The Bertz CT molecular complexity index is 723. The van der Waals surface area contributed by atoms with Gasteiger partial charge in [-0.2, -0.15) is 0 Å². The van der Waals surface area contributed by atoms with Crippen LogP contribution in [0, 0.1) is 0 Å². The first-order valence-corrected chi connectivity index (χ1v) is 7.68. The highest BCUT2D eigenvalue weighted by atomic mass is 32.2. The van der Waals surface area contributed by atoms with E-state index in [1.165, 1.54) is 0 Å². The van der Waals surface area contributed by atoms with Crippen molar-refractivity contribution in [2.45, 2.75) is 17.6 Å². The van der Waals surface area contributed by atoms with Crippen molar-refractivity contribution >= 4 is 23.2 Å². The molecule has 0 fully saturated rings. The Morgan fingerprint density at radius 1 is 1.38 bits per heavy atom. The molecule has 0 radical (unpaired) electrons. The molecule has 2 heterocycles. The summed E-state index contributed by atoms with van der Waals surface area (Å²) < 4.78 is 7.42. The first-order chi connectivity index (χ1) is 10.3. The SMILES string of the molecule is CCOc1ccc(N)c(SCc2cn3cccnc3n2)c1. The van der Waals surface area contributed by atoms with Gasteiger partial charge in [0.2, 0.25) is 5.78 Å². The fraction of sp³-hybridized carbons (Fsp3) is 0.200. The van der Waals surface area contributed by atoms with Gasteiger partial charge in [0.25, 0.3) is 0 Å². The molecule has 21 heavy (non-hydrogen) atoms. The Morgan fingerprint density at radius 3 is 3.10 bits per heavy atom. The lowest BCUT2D eigenvalue weighted by molar-refractivity contribution is 0.339. The smallest absolute Gasteiger partial charge is 0.233 e. The zero-order valence-electron chi connectivity index (χ0n) is 11.7. The zero-order valence-corrected chi connectivity index (χ0v) is 12.5. The monoisotopic (exact) mass is 300 g/mol. The van der Waals surface area contributed by atoms with Crippen LogP contribution in [0.1, 0.15) is 12.6 Å². The molecule has 0 atom stereocenters. The summed E-state index contributed by atoms with van der Waals surface area (Å²) in [7, 11) is 0. The molecule has 2 N–H and O–H groups in total. The van der Waals surface area contributed by atoms with Gasteiger partial charge >= 0.3 is 0 Å². The number of nitrogens with zero attached hydrogens (tertiary/aromatic N) is 3. The number of nitrogens with two attached hydrogens (primary N) is 1. The van der Waals surface area contributed by atoms with Crippen LogP contribution >= 0.6 is 11.8 Å². The molecule has 0 spiro atoms. The Kier molecular flexibility index (Phi) is 3.96. The van der Waals surface area contributed by atoms with Crippen molar-refractivity contribution in [3.63, 3.8) is 0 Å². The number of imidazole rings is 1. The summed E-state index contributed by atoms with van der Waals surface area (Å²) in [5, 5.41) is 0. The second-order valence-corrected chi connectivity index (χ2v) is 5.50.